The van der Waals surface area contributed by atoms with E-state index in [2.05, 4.69) is 15.5 Å². The molecule has 0 saturated carbocycles. The first-order chi connectivity index (χ1) is 11.4. The van der Waals surface area contributed by atoms with Gasteiger partial charge in [-0.1, -0.05) is 11.2 Å². The first kappa shape index (κ1) is 16.2. The second-order valence-corrected chi connectivity index (χ2v) is 5.38. The van der Waals surface area contributed by atoms with Crippen LogP contribution in [0.2, 0.25) is 0 Å². The molecular formula is C14H13F3N4O3. The minimum absolute atomic E-state index is 0.00145. The third-order valence-corrected chi connectivity index (χ3v) is 3.75. The normalized spacial score (nSPS) is 24.2. The number of nitrogens with zero attached hydrogens (tertiary/aromatic N) is 3. The molecule has 0 bridgehead atoms. The Balaban J connectivity index is 1.73. The molecule has 1 aromatic heterocycles. The Bertz CT molecular complexity index is 678. The maximum absolute atomic E-state index is 13.1. The van der Waals surface area contributed by atoms with Crippen molar-refractivity contribution >= 4 is 17.5 Å². The highest BCUT2D eigenvalue weighted by Crippen LogP contribution is 2.28. The summed E-state index contributed by atoms with van der Waals surface area (Å²) in [5.74, 6) is -1.56. The number of alkyl halides is 3. The zero-order valence-corrected chi connectivity index (χ0v) is 12.3. The van der Waals surface area contributed by atoms with Gasteiger partial charge in [0.2, 0.25) is 12.0 Å². The maximum Gasteiger partial charge on any atom is 0.410 e. The summed E-state index contributed by atoms with van der Waals surface area (Å²) in [6.07, 6.45) is -4.31. The second-order valence-electron chi connectivity index (χ2n) is 5.38. The summed E-state index contributed by atoms with van der Waals surface area (Å²) in [5, 5.41) is 5.85. The summed E-state index contributed by atoms with van der Waals surface area (Å²) in [6, 6.07) is 2.99. The lowest BCUT2D eigenvalue weighted by atomic mass is 10.1. The molecule has 3 rings (SSSR count). The first-order valence-electron chi connectivity index (χ1n) is 7.14. The van der Waals surface area contributed by atoms with Crippen LogP contribution in [0.25, 0.3) is 0 Å². The molecule has 2 amide bonds. The lowest BCUT2D eigenvalue weighted by Gasteiger charge is -2.37. The van der Waals surface area contributed by atoms with E-state index in [0.717, 1.165) is 0 Å². The van der Waals surface area contributed by atoms with E-state index in [1.165, 1.54) is 6.20 Å². The predicted octanol–water partition coefficient (Wildman–Crippen LogP) is 0.464. The van der Waals surface area contributed by atoms with Gasteiger partial charge in [-0.15, -0.1) is 0 Å². The molecule has 7 nitrogen and oxygen atoms in total. The molecular weight excluding hydrogens is 329 g/mol. The number of piperazine rings is 1. The molecule has 1 fully saturated rings. The van der Waals surface area contributed by atoms with E-state index in [1.54, 1.807) is 18.2 Å². The molecule has 2 unspecified atom stereocenters. The number of rotatable bonds is 2. The molecule has 2 aliphatic rings. The van der Waals surface area contributed by atoms with Crippen LogP contribution in [0.5, 0.6) is 0 Å². The van der Waals surface area contributed by atoms with Crippen LogP contribution in [0.3, 0.4) is 0 Å². The first-order valence-corrected chi connectivity index (χ1v) is 7.14. The fraction of sp³-hybridized carbons (Fsp3) is 0.429. The second kappa shape index (κ2) is 6.10. The molecule has 0 aromatic carbocycles. The number of aromatic nitrogens is 1. The minimum atomic E-state index is -4.65. The summed E-state index contributed by atoms with van der Waals surface area (Å²) in [7, 11) is 0. The van der Waals surface area contributed by atoms with Crippen LogP contribution >= 0.6 is 0 Å². The van der Waals surface area contributed by atoms with E-state index >= 15 is 0 Å². The average molecular weight is 342 g/mol. The lowest BCUT2D eigenvalue weighted by molar-refractivity contribution is -0.197. The predicted molar refractivity (Wildman–Crippen MR) is 74.8 cm³/mol. The highest BCUT2D eigenvalue weighted by Gasteiger charge is 2.50. The van der Waals surface area contributed by atoms with Crippen LogP contribution in [-0.2, 0) is 14.4 Å². The highest BCUT2D eigenvalue weighted by molar-refractivity contribution is 6.03. The van der Waals surface area contributed by atoms with Gasteiger partial charge in [-0.3, -0.25) is 14.6 Å². The number of nitrogens with one attached hydrogen (secondary N) is 1. The van der Waals surface area contributed by atoms with Gasteiger partial charge in [-0.05, 0) is 12.1 Å². The van der Waals surface area contributed by atoms with Gasteiger partial charge in [0.25, 0.3) is 5.91 Å². The third-order valence-electron chi connectivity index (χ3n) is 3.75. The molecule has 1 N–H and O–H groups in total. The fourth-order valence-corrected chi connectivity index (χ4v) is 2.54. The number of amides is 2. The Morgan fingerprint density at radius 3 is 2.83 bits per heavy atom. The number of oxime groups is 1. The smallest absolute Gasteiger partial charge is 0.382 e. The molecule has 1 aromatic rings. The molecule has 3 heterocycles. The van der Waals surface area contributed by atoms with Gasteiger partial charge < -0.3 is 15.1 Å². The fourth-order valence-electron chi connectivity index (χ4n) is 2.54. The van der Waals surface area contributed by atoms with Gasteiger partial charge in [0.15, 0.2) is 0 Å². The van der Waals surface area contributed by atoms with Crippen LogP contribution in [0.4, 0.5) is 13.2 Å². The zero-order valence-electron chi connectivity index (χ0n) is 12.3. The Labute approximate surface area is 134 Å². The number of halogens is 3. The van der Waals surface area contributed by atoms with Crippen molar-refractivity contribution in [1.82, 2.24) is 15.2 Å². The monoisotopic (exact) mass is 342 g/mol. The Morgan fingerprint density at radius 2 is 2.17 bits per heavy atom. The SMILES string of the molecule is O=C1CN(C(=O)C2CC(c3ccccn3)=NO2)C(C(F)(F)F)CN1. The van der Waals surface area contributed by atoms with Crippen molar-refractivity contribution in [3.8, 4) is 0 Å². The number of pyridine rings is 1. The molecule has 0 aliphatic carbocycles. The van der Waals surface area contributed by atoms with Crippen molar-refractivity contribution in [3.63, 3.8) is 0 Å². The molecule has 24 heavy (non-hydrogen) atoms. The van der Waals surface area contributed by atoms with Gasteiger partial charge in [0, 0.05) is 19.2 Å². The molecule has 128 valence electrons. The van der Waals surface area contributed by atoms with Gasteiger partial charge in [-0.2, -0.15) is 13.2 Å². The number of hydrogen-bond donors (Lipinski definition) is 1. The van der Waals surface area contributed by atoms with Gasteiger partial charge in [0.1, 0.15) is 18.3 Å². The summed E-state index contributed by atoms with van der Waals surface area (Å²) >= 11 is 0. The molecule has 2 aliphatic heterocycles. The van der Waals surface area contributed by atoms with E-state index in [-0.39, 0.29) is 6.42 Å². The van der Waals surface area contributed by atoms with Crippen molar-refractivity contribution in [3.05, 3.63) is 30.1 Å². The van der Waals surface area contributed by atoms with Crippen molar-refractivity contribution in [2.75, 3.05) is 13.1 Å². The quantitative estimate of drug-likeness (QED) is 0.847. The van der Waals surface area contributed by atoms with Gasteiger partial charge in [0.05, 0.1) is 5.69 Å². The van der Waals surface area contributed by atoms with Crippen molar-refractivity contribution in [2.45, 2.75) is 24.7 Å². The number of carbonyl (C=O) groups excluding carboxylic acids is 2. The lowest BCUT2D eigenvalue weighted by Crippen LogP contribution is -2.63. The molecule has 0 radical (unpaired) electrons. The topological polar surface area (TPSA) is 83.9 Å². The Kier molecular flexibility index (Phi) is 4.12. The van der Waals surface area contributed by atoms with Crippen LogP contribution in [0.1, 0.15) is 12.1 Å². The van der Waals surface area contributed by atoms with Crippen LogP contribution in [-0.4, -0.2) is 58.8 Å². The van der Waals surface area contributed by atoms with Gasteiger partial charge >= 0.3 is 6.18 Å². The summed E-state index contributed by atoms with van der Waals surface area (Å²) in [4.78, 5) is 33.3. The van der Waals surface area contributed by atoms with E-state index in [9.17, 15) is 22.8 Å². The number of carbonyl (C=O) groups is 2. The molecule has 2 atom stereocenters. The summed E-state index contributed by atoms with van der Waals surface area (Å²) in [6.45, 7) is -1.34. The van der Waals surface area contributed by atoms with Crippen LogP contribution in [0, 0.1) is 0 Å². The largest absolute Gasteiger partial charge is 0.410 e. The summed E-state index contributed by atoms with van der Waals surface area (Å²) < 4.78 is 39.2. The van der Waals surface area contributed by atoms with Crippen LogP contribution < -0.4 is 5.32 Å². The summed E-state index contributed by atoms with van der Waals surface area (Å²) in [5.41, 5.74) is 0.857. The van der Waals surface area contributed by atoms with Gasteiger partial charge in [-0.25, -0.2) is 0 Å². The van der Waals surface area contributed by atoms with E-state index in [4.69, 9.17) is 4.84 Å². The van der Waals surface area contributed by atoms with Crippen molar-refractivity contribution in [1.29, 1.82) is 0 Å². The zero-order chi connectivity index (χ0) is 17.3. The van der Waals surface area contributed by atoms with Crippen molar-refractivity contribution in [2.24, 2.45) is 5.16 Å². The van der Waals surface area contributed by atoms with E-state index in [0.29, 0.717) is 16.3 Å². The van der Waals surface area contributed by atoms with E-state index < -0.39 is 43.2 Å². The van der Waals surface area contributed by atoms with E-state index in [1.807, 2.05) is 0 Å². The number of hydrogen-bond acceptors (Lipinski definition) is 5. The Hall–Kier alpha value is -2.65. The standard InChI is InChI=1S/C14H13F3N4O3/c15-14(16,17)11-6-19-12(22)7-21(11)13(23)10-5-9(20-24-10)8-3-1-2-4-18-8/h1-4,10-11H,5-7H2,(H,19,22). The van der Waals surface area contributed by atoms with Crippen molar-refractivity contribution < 1.29 is 27.6 Å². The average Bonchev–Trinajstić information content (AvgIpc) is 3.03. The van der Waals surface area contributed by atoms with Crippen LogP contribution in [0.15, 0.2) is 29.6 Å². The minimum Gasteiger partial charge on any atom is -0.382 e. The molecule has 1 saturated heterocycles. The highest BCUT2D eigenvalue weighted by atomic mass is 19.4. The third kappa shape index (κ3) is 3.17. The molecule has 10 heteroatoms. The maximum atomic E-state index is 13.1. The Morgan fingerprint density at radius 1 is 1.38 bits per heavy atom. The molecule has 0 spiro atoms.